The van der Waals surface area contributed by atoms with Gasteiger partial charge in [-0.15, -0.1) is 0 Å². The normalized spacial score (nSPS) is 17.6. The number of rotatable bonds is 14. The standard InChI is InChI=1S/C41H54N6O4/c1-46-22-24-47(25-23-46)31-15-11-14-30(27-31)43-39(48)37(20-9-10-21-42)44-40(49)38(26-29-12-3-2-4-13-29)45-41(50)51-28-36-34-18-7-5-16-32(34)33-17-6-8-19-35(33)36/h5-8,11,14-19,27,29,36-38H,2-4,9-10,12-13,20-26,28,42H2,1H3,(H,43,48)(H,44,49)(H,45,50)/t37-,38-/m0/s1. The Morgan fingerprint density at radius 3 is 2.18 bits per heavy atom. The van der Waals surface area contributed by atoms with Gasteiger partial charge in [0.1, 0.15) is 18.7 Å². The highest BCUT2D eigenvalue weighted by atomic mass is 16.5. The van der Waals surface area contributed by atoms with Gasteiger partial charge in [-0.3, -0.25) is 9.59 Å². The van der Waals surface area contributed by atoms with E-state index in [4.69, 9.17) is 10.5 Å². The van der Waals surface area contributed by atoms with Crippen LogP contribution in [-0.4, -0.2) is 81.3 Å². The number of amides is 3. The summed E-state index contributed by atoms with van der Waals surface area (Å²) >= 11 is 0. The van der Waals surface area contributed by atoms with E-state index in [-0.39, 0.29) is 24.3 Å². The molecule has 51 heavy (non-hydrogen) atoms. The number of piperazine rings is 1. The smallest absolute Gasteiger partial charge is 0.407 e. The molecule has 1 saturated carbocycles. The summed E-state index contributed by atoms with van der Waals surface area (Å²) in [5, 5.41) is 8.99. The first-order chi connectivity index (χ1) is 24.9. The Morgan fingerprint density at radius 1 is 0.804 bits per heavy atom. The zero-order valence-corrected chi connectivity index (χ0v) is 29.9. The van der Waals surface area contributed by atoms with Gasteiger partial charge in [-0.1, -0.05) is 86.7 Å². The highest BCUT2D eigenvalue weighted by Gasteiger charge is 2.32. The molecule has 0 bridgehead atoms. The van der Waals surface area contributed by atoms with Gasteiger partial charge in [0.2, 0.25) is 11.8 Å². The fraction of sp³-hybridized carbons (Fsp3) is 0.488. The molecule has 0 spiro atoms. The number of ether oxygens (including phenoxy) is 1. The number of nitrogens with two attached hydrogens (primary N) is 1. The van der Waals surface area contributed by atoms with E-state index >= 15 is 0 Å². The molecule has 6 rings (SSSR count). The summed E-state index contributed by atoms with van der Waals surface area (Å²) in [6, 6.07) is 22.7. The van der Waals surface area contributed by atoms with Crippen molar-refractivity contribution >= 4 is 29.3 Å². The van der Waals surface area contributed by atoms with E-state index in [0.29, 0.717) is 37.4 Å². The van der Waals surface area contributed by atoms with Gasteiger partial charge in [0.15, 0.2) is 0 Å². The number of benzene rings is 3. The lowest BCUT2D eigenvalue weighted by Crippen LogP contribution is -2.53. The molecule has 3 aromatic rings. The molecule has 3 aromatic carbocycles. The molecule has 0 unspecified atom stereocenters. The first-order valence-corrected chi connectivity index (χ1v) is 18.9. The zero-order valence-electron chi connectivity index (χ0n) is 29.9. The Kier molecular flexibility index (Phi) is 12.6. The SMILES string of the molecule is CN1CCN(c2cccc(NC(=O)[C@H](CCCCN)NC(=O)[C@H](CC3CCCCC3)NC(=O)OCC3c4ccccc4-c4ccccc43)c2)CC1. The van der Waals surface area contributed by atoms with Crippen LogP contribution in [0.1, 0.15) is 74.8 Å². The molecular formula is C41H54N6O4. The van der Waals surface area contributed by atoms with Crippen molar-refractivity contribution in [1.29, 1.82) is 0 Å². The minimum absolute atomic E-state index is 0.0841. The first-order valence-electron chi connectivity index (χ1n) is 18.9. The molecule has 2 fully saturated rings. The highest BCUT2D eigenvalue weighted by molar-refractivity contribution is 5.98. The van der Waals surface area contributed by atoms with Crippen molar-refractivity contribution in [2.75, 3.05) is 56.6 Å². The maximum Gasteiger partial charge on any atom is 0.407 e. The van der Waals surface area contributed by atoms with Crippen LogP contribution in [0.3, 0.4) is 0 Å². The second-order valence-corrected chi connectivity index (χ2v) is 14.4. The summed E-state index contributed by atoms with van der Waals surface area (Å²) in [5.74, 6) is -0.425. The average Bonchev–Trinajstić information content (AvgIpc) is 3.47. The maximum absolute atomic E-state index is 14.0. The fourth-order valence-corrected chi connectivity index (χ4v) is 7.88. The van der Waals surface area contributed by atoms with Crippen molar-refractivity contribution in [1.82, 2.24) is 15.5 Å². The average molecular weight is 695 g/mol. The molecule has 3 amide bonds. The Morgan fingerprint density at radius 2 is 1.49 bits per heavy atom. The fourth-order valence-electron chi connectivity index (χ4n) is 7.88. The van der Waals surface area contributed by atoms with Gasteiger partial charge < -0.3 is 36.2 Å². The Labute approximate surface area is 302 Å². The molecule has 5 N–H and O–H groups in total. The molecule has 1 heterocycles. The van der Waals surface area contributed by atoms with Gasteiger partial charge in [0.05, 0.1) is 0 Å². The number of carbonyl (C=O) groups excluding carboxylic acids is 3. The van der Waals surface area contributed by atoms with E-state index in [2.05, 4.69) is 63.1 Å². The van der Waals surface area contributed by atoms with E-state index in [9.17, 15) is 14.4 Å². The number of anilines is 2. The van der Waals surface area contributed by atoms with E-state index in [0.717, 1.165) is 86.2 Å². The van der Waals surface area contributed by atoms with E-state index in [1.54, 1.807) is 0 Å². The van der Waals surface area contributed by atoms with E-state index < -0.39 is 18.2 Å². The van der Waals surface area contributed by atoms with Gasteiger partial charge in [0, 0.05) is 43.5 Å². The predicted octanol–water partition coefficient (Wildman–Crippen LogP) is 5.87. The van der Waals surface area contributed by atoms with Crippen molar-refractivity contribution in [3.05, 3.63) is 83.9 Å². The molecule has 10 nitrogen and oxygen atoms in total. The minimum atomic E-state index is -0.825. The van der Waals surface area contributed by atoms with Gasteiger partial charge in [-0.25, -0.2) is 4.79 Å². The number of carbonyl (C=O) groups is 3. The second kappa shape index (κ2) is 17.7. The van der Waals surface area contributed by atoms with Gasteiger partial charge >= 0.3 is 6.09 Å². The summed E-state index contributed by atoms with van der Waals surface area (Å²) in [6.45, 7) is 4.48. The van der Waals surface area contributed by atoms with Crippen molar-refractivity contribution in [2.45, 2.75) is 75.8 Å². The maximum atomic E-state index is 14.0. The number of alkyl carbamates (subject to hydrolysis) is 1. The first kappa shape index (κ1) is 36.4. The predicted molar refractivity (Wildman–Crippen MR) is 203 cm³/mol. The largest absolute Gasteiger partial charge is 0.449 e. The molecule has 2 atom stereocenters. The third kappa shape index (κ3) is 9.48. The number of nitrogens with zero attached hydrogens (tertiary/aromatic N) is 2. The monoisotopic (exact) mass is 694 g/mol. The van der Waals surface area contributed by atoms with E-state index in [1.165, 1.54) is 6.42 Å². The molecule has 0 radical (unpaired) electrons. The number of unbranched alkanes of at least 4 members (excludes halogenated alkanes) is 1. The molecule has 10 heteroatoms. The zero-order chi connectivity index (χ0) is 35.6. The third-order valence-corrected chi connectivity index (χ3v) is 10.8. The molecule has 0 aromatic heterocycles. The lowest BCUT2D eigenvalue weighted by Gasteiger charge is -2.34. The molecule has 3 aliphatic rings. The summed E-state index contributed by atoms with van der Waals surface area (Å²) < 4.78 is 5.86. The van der Waals surface area contributed by atoms with Crippen LogP contribution in [0, 0.1) is 5.92 Å². The summed E-state index contributed by atoms with van der Waals surface area (Å²) in [7, 11) is 2.13. The number of nitrogens with one attached hydrogen (secondary N) is 3. The van der Waals surface area contributed by atoms with Crippen LogP contribution in [0.15, 0.2) is 72.8 Å². The summed E-state index contributed by atoms with van der Waals surface area (Å²) in [5.41, 5.74) is 12.1. The lowest BCUT2D eigenvalue weighted by atomic mass is 9.84. The Balaban J connectivity index is 1.12. The van der Waals surface area contributed by atoms with Gasteiger partial charge in [-0.05, 0) is 85.6 Å². The number of hydrogen-bond acceptors (Lipinski definition) is 7. The molecule has 272 valence electrons. The molecular weight excluding hydrogens is 640 g/mol. The second-order valence-electron chi connectivity index (χ2n) is 14.4. The van der Waals surface area contributed by atoms with Gasteiger partial charge in [-0.2, -0.15) is 0 Å². The number of hydrogen-bond donors (Lipinski definition) is 4. The van der Waals surface area contributed by atoms with Crippen molar-refractivity contribution in [2.24, 2.45) is 11.7 Å². The van der Waals surface area contributed by atoms with Crippen LogP contribution < -0.4 is 26.6 Å². The molecule has 1 saturated heterocycles. The van der Waals surface area contributed by atoms with Crippen LogP contribution in [0.4, 0.5) is 16.2 Å². The van der Waals surface area contributed by atoms with Crippen LogP contribution in [0.25, 0.3) is 11.1 Å². The topological polar surface area (TPSA) is 129 Å². The summed E-state index contributed by atoms with van der Waals surface area (Å²) in [4.78, 5) is 45.8. The minimum Gasteiger partial charge on any atom is -0.449 e. The molecule has 1 aliphatic heterocycles. The van der Waals surface area contributed by atoms with Gasteiger partial charge in [0.25, 0.3) is 0 Å². The van der Waals surface area contributed by atoms with Crippen LogP contribution in [-0.2, 0) is 14.3 Å². The molecule has 2 aliphatic carbocycles. The van der Waals surface area contributed by atoms with Crippen molar-refractivity contribution in [3.8, 4) is 11.1 Å². The van der Waals surface area contributed by atoms with E-state index in [1.807, 2.05) is 42.5 Å². The number of likely N-dealkylation sites (N-methyl/N-ethyl adjacent to an activating group) is 1. The number of fused-ring (bicyclic) bond motifs is 3. The highest BCUT2D eigenvalue weighted by Crippen LogP contribution is 2.44. The van der Waals surface area contributed by atoms with Crippen molar-refractivity contribution in [3.63, 3.8) is 0 Å². The van der Waals surface area contributed by atoms with Crippen molar-refractivity contribution < 1.29 is 19.1 Å². The lowest BCUT2D eigenvalue weighted by molar-refractivity contribution is -0.128. The third-order valence-electron chi connectivity index (χ3n) is 10.8. The van der Waals surface area contributed by atoms with Crippen LogP contribution in [0.2, 0.25) is 0 Å². The van der Waals surface area contributed by atoms with Crippen LogP contribution in [0.5, 0.6) is 0 Å². The summed E-state index contributed by atoms with van der Waals surface area (Å²) in [6.07, 6.45) is 7.17. The Hall–Kier alpha value is -4.41. The Bertz CT molecular complexity index is 1590. The quantitative estimate of drug-likeness (QED) is 0.156. The van der Waals surface area contributed by atoms with Crippen LogP contribution >= 0.6 is 0 Å².